The average Bonchev–Trinajstić information content (AvgIpc) is 2.37. The number of ether oxygens (including phenoxy) is 1. The van der Waals surface area contributed by atoms with Gasteiger partial charge >= 0.3 is 6.09 Å². The van der Waals surface area contributed by atoms with Crippen LogP contribution in [0.25, 0.3) is 0 Å². The van der Waals surface area contributed by atoms with Crippen LogP contribution in [0.2, 0.25) is 0 Å². The lowest BCUT2D eigenvalue weighted by Gasteiger charge is -2.42. The second-order valence-corrected chi connectivity index (χ2v) is 7.53. The molecule has 0 aromatic rings. The van der Waals surface area contributed by atoms with Gasteiger partial charge in [0.2, 0.25) is 0 Å². The second-order valence-electron chi connectivity index (χ2n) is 7.53. The number of nitrogens with one attached hydrogen (secondary N) is 1. The van der Waals surface area contributed by atoms with Gasteiger partial charge in [-0.1, -0.05) is 0 Å². The molecule has 0 aromatic carbocycles. The van der Waals surface area contributed by atoms with Crippen LogP contribution in [0.5, 0.6) is 0 Å². The van der Waals surface area contributed by atoms with E-state index in [4.69, 9.17) is 4.74 Å². The summed E-state index contributed by atoms with van der Waals surface area (Å²) in [5, 5.41) is 14.0. The molecule has 1 amide bonds. The van der Waals surface area contributed by atoms with Crippen molar-refractivity contribution in [3.63, 3.8) is 0 Å². The Morgan fingerprint density at radius 2 is 2.14 bits per heavy atom. The van der Waals surface area contributed by atoms with Crippen molar-refractivity contribution in [2.45, 2.75) is 76.5 Å². The Morgan fingerprint density at radius 3 is 2.76 bits per heavy atom. The highest BCUT2D eigenvalue weighted by atomic mass is 16.6. The van der Waals surface area contributed by atoms with Gasteiger partial charge in [-0.3, -0.25) is 0 Å². The number of rotatable bonds is 2. The minimum absolute atomic E-state index is 0.0958. The number of hydrogen-bond donors (Lipinski definition) is 2. The van der Waals surface area contributed by atoms with Gasteiger partial charge in [0.15, 0.2) is 0 Å². The van der Waals surface area contributed by atoms with Gasteiger partial charge in [0, 0.05) is 19.1 Å². The number of carbonyl (C=O) groups excluding carboxylic acids is 1. The van der Waals surface area contributed by atoms with Crippen LogP contribution in [0.3, 0.4) is 0 Å². The molecule has 5 heteroatoms. The zero-order valence-corrected chi connectivity index (χ0v) is 13.7. The maximum absolute atomic E-state index is 12.4. The lowest BCUT2D eigenvalue weighted by atomic mass is 9.84. The van der Waals surface area contributed by atoms with Gasteiger partial charge in [0.05, 0.1) is 5.60 Å². The first kappa shape index (κ1) is 16.6. The van der Waals surface area contributed by atoms with Crippen LogP contribution in [0, 0.1) is 0 Å². The summed E-state index contributed by atoms with van der Waals surface area (Å²) in [7, 11) is 0. The number of nitrogens with zero attached hydrogens (tertiary/aromatic N) is 1. The van der Waals surface area contributed by atoms with E-state index in [1.165, 1.54) is 0 Å². The first-order valence-electron chi connectivity index (χ1n) is 8.22. The fraction of sp³-hybridized carbons (Fsp3) is 0.938. The molecule has 122 valence electrons. The molecule has 21 heavy (non-hydrogen) atoms. The Hall–Kier alpha value is -0.810. The summed E-state index contributed by atoms with van der Waals surface area (Å²) in [6, 6.07) is 0.0958. The van der Waals surface area contributed by atoms with Gasteiger partial charge in [0.1, 0.15) is 5.60 Å². The Bertz CT molecular complexity index is 359. The van der Waals surface area contributed by atoms with Crippen molar-refractivity contribution in [1.29, 1.82) is 0 Å². The van der Waals surface area contributed by atoms with Crippen LogP contribution < -0.4 is 5.32 Å². The number of likely N-dealkylation sites (tertiary alicyclic amines) is 1. The summed E-state index contributed by atoms with van der Waals surface area (Å²) in [4.78, 5) is 14.2. The average molecular weight is 298 g/mol. The largest absolute Gasteiger partial charge is 0.444 e. The quantitative estimate of drug-likeness (QED) is 0.821. The molecule has 0 spiro atoms. The summed E-state index contributed by atoms with van der Waals surface area (Å²) in [5.41, 5.74) is -1.15. The smallest absolute Gasteiger partial charge is 0.410 e. The maximum atomic E-state index is 12.4. The Balaban J connectivity index is 1.99. The second kappa shape index (κ2) is 6.53. The zero-order valence-electron chi connectivity index (χ0n) is 13.7. The molecule has 2 unspecified atom stereocenters. The van der Waals surface area contributed by atoms with Crippen LogP contribution >= 0.6 is 0 Å². The molecule has 2 atom stereocenters. The van der Waals surface area contributed by atoms with Gasteiger partial charge in [-0.15, -0.1) is 0 Å². The predicted octanol–water partition coefficient (Wildman–Crippen LogP) is 2.28. The summed E-state index contributed by atoms with van der Waals surface area (Å²) in [5.74, 6) is 0. The highest BCUT2D eigenvalue weighted by molar-refractivity contribution is 5.68. The monoisotopic (exact) mass is 298 g/mol. The SMILES string of the molecule is CC(C)(C)OC(=O)N1CCCCC1CC1(O)CCCNC1. The molecule has 2 fully saturated rings. The van der Waals surface area contributed by atoms with E-state index in [1.807, 2.05) is 25.7 Å². The first-order valence-corrected chi connectivity index (χ1v) is 8.22. The number of hydrogen-bond acceptors (Lipinski definition) is 4. The lowest BCUT2D eigenvalue weighted by molar-refractivity contribution is -0.0325. The van der Waals surface area contributed by atoms with Crippen molar-refractivity contribution >= 4 is 6.09 Å². The molecular formula is C16H30N2O3. The highest BCUT2D eigenvalue weighted by Gasteiger charge is 2.38. The van der Waals surface area contributed by atoms with Crippen molar-refractivity contribution in [2.75, 3.05) is 19.6 Å². The summed E-state index contributed by atoms with van der Waals surface area (Å²) < 4.78 is 5.52. The third kappa shape index (κ3) is 4.85. The van der Waals surface area contributed by atoms with Crippen LogP contribution in [0.1, 0.15) is 59.3 Å². The third-order valence-electron chi connectivity index (χ3n) is 4.32. The van der Waals surface area contributed by atoms with E-state index in [0.29, 0.717) is 13.0 Å². The molecule has 0 radical (unpaired) electrons. The van der Waals surface area contributed by atoms with Crippen molar-refractivity contribution in [2.24, 2.45) is 0 Å². The van der Waals surface area contributed by atoms with E-state index in [-0.39, 0.29) is 12.1 Å². The van der Waals surface area contributed by atoms with Crippen LogP contribution in [0.15, 0.2) is 0 Å². The number of carbonyl (C=O) groups is 1. The molecular weight excluding hydrogens is 268 g/mol. The van der Waals surface area contributed by atoms with Gasteiger partial charge < -0.3 is 20.1 Å². The zero-order chi connectivity index (χ0) is 15.5. The molecule has 0 saturated carbocycles. The highest BCUT2D eigenvalue weighted by Crippen LogP contribution is 2.29. The van der Waals surface area contributed by atoms with E-state index in [0.717, 1.165) is 45.2 Å². The summed E-state index contributed by atoms with van der Waals surface area (Å²) >= 11 is 0. The van der Waals surface area contributed by atoms with Gasteiger partial charge in [-0.2, -0.15) is 0 Å². The van der Waals surface area contributed by atoms with E-state index < -0.39 is 11.2 Å². The molecule has 2 N–H and O–H groups in total. The fourth-order valence-electron chi connectivity index (χ4n) is 3.34. The van der Waals surface area contributed by atoms with Crippen LogP contribution in [-0.4, -0.2) is 53.0 Å². The van der Waals surface area contributed by atoms with E-state index >= 15 is 0 Å². The van der Waals surface area contributed by atoms with Gasteiger partial charge in [-0.25, -0.2) is 4.79 Å². The van der Waals surface area contributed by atoms with Crippen LogP contribution in [-0.2, 0) is 4.74 Å². The van der Waals surface area contributed by atoms with E-state index in [9.17, 15) is 9.90 Å². The summed E-state index contributed by atoms with van der Waals surface area (Å²) in [6.07, 6.45) is 5.33. The normalized spacial score (nSPS) is 31.0. The predicted molar refractivity (Wildman–Crippen MR) is 82.2 cm³/mol. The minimum atomic E-state index is -0.680. The molecule has 5 nitrogen and oxygen atoms in total. The van der Waals surface area contributed by atoms with E-state index in [1.54, 1.807) is 0 Å². The molecule has 2 heterocycles. The lowest BCUT2D eigenvalue weighted by Crippen LogP contribution is -2.53. The van der Waals surface area contributed by atoms with Crippen molar-refractivity contribution in [1.82, 2.24) is 10.2 Å². The third-order valence-corrected chi connectivity index (χ3v) is 4.32. The first-order chi connectivity index (χ1) is 9.79. The molecule has 2 saturated heterocycles. The number of piperidine rings is 2. The number of amides is 1. The van der Waals surface area contributed by atoms with Crippen molar-refractivity contribution in [3.8, 4) is 0 Å². The molecule has 2 rings (SSSR count). The van der Waals surface area contributed by atoms with Crippen molar-refractivity contribution in [3.05, 3.63) is 0 Å². The minimum Gasteiger partial charge on any atom is -0.444 e. The Labute approximate surface area is 128 Å². The topological polar surface area (TPSA) is 61.8 Å². The number of β-amino-alcohol motifs (C(OH)–C–C–N with tert-alkyl or cyclic N) is 1. The Kier molecular flexibility index (Phi) is 5.15. The van der Waals surface area contributed by atoms with Crippen molar-refractivity contribution < 1.29 is 14.6 Å². The fourth-order valence-corrected chi connectivity index (χ4v) is 3.34. The van der Waals surface area contributed by atoms with Gasteiger partial charge in [0.25, 0.3) is 0 Å². The molecule has 2 aliphatic rings. The van der Waals surface area contributed by atoms with E-state index in [2.05, 4.69) is 5.32 Å². The van der Waals surface area contributed by atoms with Crippen LogP contribution in [0.4, 0.5) is 4.79 Å². The Morgan fingerprint density at radius 1 is 1.38 bits per heavy atom. The molecule has 0 aromatic heterocycles. The summed E-state index contributed by atoms with van der Waals surface area (Å²) in [6.45, 7) is 8.02. The molecule has 0 bridgehead atoms. The standard InChI is InChI=1S/C16H30N2O3/c1-15(2,3)21-14(19)18-10-5-4-7-13(18)11-16(20)8-6-9-17-12-16/h13,17,20H,4-12H2,1-3H3. The van der Waals surface area contributed by atoms with Gasteiger partial charge in [-0.05, 0) is 65.8 Å². The molecule has 2 aliphatic heterocycles. The maximum Gasteiger partial charge on any atom is 0.410 e. The molecule has 0 aliphatic carbocycles. The number of aliphatic hydroxyl groups is 1.